The van der Waals surface area contributed by atoms with Gasteiger partial charge < -0.3 is 14.7 Å². The molecule has 60 heavy (non-hydrogen) atoms. The average molecular weight is 890 g/mol. The average Bonchev–Trinajstić information content (AvgIpc) is 3.79. The summed E-state index contributed by atoms with van der Waals surface area (Å²) in [6.07, 6.45) is 4.85. The van der Waals surface area contributed by atoms with Crippen molar-refractivity contribution in [1.29, 1.82) is 0 Å². The van der Waals surface area contributed by atoms with Crippen LogP contribution in [0.1, 0.15) is 98.7 Å². The first-order valence-corrected chi connectivity index (χ1v) is 22.8. The van der Waals surface area contributed by atoms with Gasteiger partial charge in [-0.15, -0.1) is 0 Å². The van der Waals surface area contributed by atoms with Gasteiger partial charge in [0.15, 0.2) is 5.69 Å². The van der Waals surface area contributed by atoms with Gasteiger partial charge in [-0.25, -0.2) is 17.8 Å². The first-order chi connectivity index (χ1) is 28.8. The number of hydrogen-bond donors (Lipinski definition) is 1. The molecule has 5 aromatic rings. The van der Waals surface area contributed by atoms with Crippen molar-refractivity contribution in [3.8, 4) is 5.69 Å². The molecule has 0 atom stereocenters. The van der Waals surface area contributed by atoms with Gasteiger partial charge in [-0.1, -0.05) is 97.9 Å². The zero-order valence-electron chi connectivity index (χ0n) is 33.8. The zero-order chi connectivity index (χ0) is 42.7. The van der Waals surface area contributed by atoms with Gasteiger partial charge >= 0.3 is 0 Å². The SMILES string of the molecule is CCCCN(CCCC)C(=O)c1nn(-c2ccc(C(=O)NS(=O)(=O)c3ccc4c(c3)N(Cc3ccc(Cl)c(Cl)c3)CC4)cc2C(=O)N2CCc3ccccc3C2)c(C)c1Cl. The number of sulfonamides is 1. The van der Waals surface area contributed by atoms with Crippen LogP contribution >= 0.6 is 34.8 Å². The Morgan fingerprint density at radius 2 is 1.52 bits per heavy atom. The van der Waals surface area contributed by atoms with Crippen LogP contribution in [0.4, 0.5) is 5.69 Å². The Morgan fingerprint density at radius 3 is 2.23 bits per heavy atom. The highest BCUT2D eigenvalue weighted by atomic mass is 35.5. The second kappa shape index (κ2) is 18.4. The van der Waals surface area contributed by atoms with Gasteiger partial charge in [0.05, 0.1) is 36.9 Å². The fraction of sp³-hybridized carbons (Fsp3) is 0.333. The molecular weight excluding hydrogens is 843 g/mol. The first kappa shape index (κ1) is 43.2. The minimum absolute atomic E-state index is 0.0528. The number of carbonyl (C=O) groups excluding carboxylic acids is 3. The minimum atomic E-state index is -4.36. The maximum absolute atomic E-state index is 14.6. The Balaban J connectivity index is 1.20. The van der Waals surface area contributed by atoms with Crippen LogP contribution in [0.25, 0.3) is 5.69 Å². The molecule has 0 saturated heterocycles. The number of nitrogens with one attached hydrogen (secondary N) is 1. The van der Waals surface area contributed by atoms with Crippen LogP contribution in [0.5, 0.6) is 0 Å². The number of fused-ring (bicyclic) bond motifs is 2. The molecule has 314 valence electrons. The molecule has 4 aromatic carbocycles. The van der Waals surface area contributed by atoms with Crippen molar-refractivity contribution in [3.63, 3.8) is 0 Å². The van der Waals surface area contributed by atoms with Gasteiger partial charge in [0.2, 0.25) is 0 Å². The first-order valence-electron chi connectivity index (χ1n) is 20.2. The zero-order valence-corrected chi connectivity index (χ0v) is 36.9. The highest BCUT2D eigenvalue weighted by molar-refractivity contribution is 7.90. The van der Waals surface area contributed by atoms with E-state index in [-0.39, 0.29) is 38.6 Å². The van der Waals surface area contributed by atoms with Gasteiger partial charge in [0.25, 0.3) is 27.7 Å². The second-order valence-corrected chi connectivity index (χ2v) is 18.2. The van der Waals surface area contributed by atoms with Crippen molar-refractivity contribution in [1.82, 2.24) is 24.3 Å². The van der Waals surface area contributed by atoms with Crippen LogP contribution in [0.2, 0.25) is 15.1 Å². The Hall–Kier alpha value is -4.88. The summed E-state index contributed by atoms with van der Waals surface area (Å²) in [6, 6.07) is 22.5. The van der Waals surface area contributed by atoms with Crippen LogP contribution in [0, 0.1) is 6.92 Å². The number of amides is 3. The molecule has 15 heteroatoms. The summed E-state index contributed by atoms with van der Waals surface area (Å²) in [7, 11) is -4.36. The van der Waals surface area contributed by atoms with Crippen LogP contribution in [0.3, 0.4) is 0 Å². The minimum Gasteiger partial charge on any atom is -0.367 e. The molecule has 11 nitrogen and oxygen atoms in total. The Morgan fingerprint density at radius 1 is 0.800 bits per heavy atom. The lowest BCUT2D eigenvalue weighted by atomic mass is 9.98. The van der Waals surface area contributed by atoms with Crippen molar-refractivity contribution in [2.75, 3.05) is 31.1 Å². The summed E-state index contributed by atoms with van der Waals surface area (Å²) in [4.78, 5) is 47.8. The Bertz CT molecular complexity index is 2570. The maximum Gasteiger partial charge on any atom is 0.275 e. The molecule has 0 spiro atoms. The van der Waals surface area contributed by atoms with E-state index < -0.39 is 15.9 Å². The normalized spacial score (nSPS) is 13.6. The molecule has 0 unspecified atom stereocenters. The predicted octanol–water partition coefficient (Wildman–Crippen LogP) is 9.06. The quantitative estimate of drug-likeness (QED) is 0.118. The van der Waals surface area contributed by atoms with Crippen molar-refractivity contribution in [2.24, 2.45) is 0 Å². The van der Waals surface area contributed by atoms with Crippen molar-refractivity contribution in [3.05, 3.63) is 139 Å². The van der Waals surface area contributed by atoms with Crippen molar-refractivity contribution in [2.45, 2.75) is 77.3 Å². The molecule has 3 amide bonds. The van der Waals surface area contributed by atoms with Crippen LogP contribution < -0.4 is 9.62 Å². The predicted molar refractivity (Wildman–Crippen MR) is 236 cm³/mol. The standard InChI is InChI=1S/C45H47Cl3N6O5S/c1-4-6-20-51(21-7-5-2)45(57)42-41(48)29(3)54(49-42)39-17-14-33(25-36(39)44(56)53-23-18-31-10-8-9-11-34(31)28-53)43(55)50-60(58,59)35-15-13-32-19-22-52(40(32)26-35)27-30-12-16-37(46)38(47)24-30/h8-17,24-26H,4-7,18-23,27-28H2,1-3H3,(H,50,55). The van der Waals surface area contributed by atoms with E-state index in [1.165, 1.54) is 22.9 Å². The van der Waals surface area contributed by atoms with Gasteiger partial charge in [-0.3, -0.25) is 14.4 Å². The largest absolute Gasteiger partial charge is 0.367 e. The Labute approximate surface area is 366 Å². The number of carbonyl (C=O) groups is 3. The molecule has 0 fully saturated rings. The summed E-state index contributed by atoms with van der Waals surface area (Å²) in [5, 5.41) is 5.74. The molecule has 2 aliphatic heterocycles. The van der Waals surface area contributed by atoms with E-state index in [1.54, 1.807) is 47.1 Å². The van der Waals surface area contributed by atoms with Crippen LogP contribution in [0.15, 0.2) is 83.8 Å². The van der Waals surface area contributed by atoms with E-state index in [2.05, 4.69) is 23.5 Å². The maximum atomic E-state index is 14.6. The molecule has 2 aliphatic rings. The molecule has 0 saturated carbocycles. The number of benzene rings is 4. The lowest BCUT2D eigenvalue weighted by Gasteiger charge is -2.29. The molecule has 0 radical (unpaired) electrons. The molecule has 0 bridgehead atoms. The monoisotopic (exact) mass is 888 g/mol. The van der Waals surface area contributed by atoms with E-state index in [0.29, 0.717) is 67.1 Å². The molecule has 1 aromatic heterocycles. The Kier molecular flexibility index (Phi) is 13.2. The number of halogens is 3. The van der Waals surface area contributed by atoms with E-state index in [4.69, 9.17) is 39.9 Å². The van der Waals surface area contributed by atoms with Gasteiger partial charge in [-0.2, -0.15) is 5.10 Å². The molecular formula is C45H47Cl3N6O5S. The second-order valence-electron chi connectivity index (χ2n) is 15.3. The smallest absolute Gasteiger partial charge is 0.275 e. The lowest BCUT2D eigenvalue weighted by Crippen LogP contribution is -2.37. The third-order valence-electron chi connectivity index (χ3n) is 11.2. The van der Waals surface area contributed by atoms with E-state index in [1.807, 2.05) is 30.3 Å². The van der Waals surface area contributed by atoms with Gasteiger partial charge in [0.1, 0.15) is 0 Å². The summed E-state index contributed by atoms with van der Waals surface area (Å²) in [5.41, 5.74) is 5.65. The summed E-state index contributed by atoms with van der Waals surface area (Å²) < 4.78 is 31.4. The molecule has 1 N–H and O–H groups in total. The van der Waals surface area contributed by atoms with E-state index >= 15 is 0 Å². The van der Waals surface area contributed by atoms with Gasteiger partial charge in [0, 0.05) is 50.5 Å². The van der Waals surface area contributed by atoms with Crippen LogP contribution in [-0.4, -0.2) is 71.9 Å². The number of rotatable bonds is 14. The molecule has 3 heterocycles. The molecule has 0 aliphatic carbocycles. The number of anilines is 1. The third-order valence-corrected chi connectivity index (χ3v) is 13.7. The summed E-state index contributed by atoms with van der Waals surface area (Å²) in [6.45, 7) is 8.89. The fourth-order valence-corrected chi connectivity index (χ4v) is 9.26. The molecule has 7 rings (SSSR count). The van der Waals surface area contributed by atoms with Crippen molar-refractivity contribution >= 4 is 68.2 Å². The number of aromatic nitrogens is 2. The third kappa shape index (κ3) is 9.07. The number of hydrogen-bond acceptors (Lipinski definition) is 7. The van der Waals surface area contributed by atoms with E-state index in [0.717, 1.165) is 60.0 Å². The highest BCUT2D eigenvalue weighted by Gasteiger charge is 2.31. The van der Waals surface area contributed by atoms with Crippen LogP contribution in [-0.2, 0) is 36.0 Å². The summed E-state index contributed by atoms with van der Waals surface area (Å²) in [5.74, 6) is -1.60. The van der Waals surface area contributed by atoms with Gasteiger partial charge in [-0.05, 0) is 97.3 Å². The summed E-state index contributed by atoms with van der Waals surface area (Å²) >= 11 is 19.2. The fourth-order valence-electron chi connectivity index (χ4n) is 7.74. The highest BCUT2D eigenvalue weighted by Crippen LogP contribution is 2.34. The topological polar surface area (TPSA) is 125 Å². The van der Waals surface area contributed by atoms with Crippen molar-refractivity contribution < 1.29 is 22.8 Å². The van der Waals surface area contributed by atoms with E-state index in [9.17, 15) is 22.8 Å². The number of nitrogens with zero attached hydrogens (tertiary/aromatic N) is 5. The number of unbranched alkanes of at least 4 members (excludes halogenated alkanes) is 2. The lowest BCUT2D eigenvalue weighted by molar-refractivity contribution is 0.0732.